The third-order valence-electron chi connectivity index (χ3n) is 5.48. The van der Waals surface area contributed by atoms with E-state index in [1.165, 1.54) is 32.6 Å². The van der Waals surface area contributed by atoms with Gasteiger partial charge >= 0.3 is 5.97 Å². The molecule has 7 heteroatoms. The predicted molar refractivity (Wildman–Crippen MR) is 124 cm³/mol. The number of ether oxygens (including phenoxy) is 3. The number of nitrogens with zero attached hydrogens (tertiary/aromatic N) is 1. The van der Waals surface area contributed by atoms with Crippen LogP contribution in [0.15, 0.2) is 66.9 Å². The lowest BCUT2D eigenvalue weighted by atomic mass is 9.98. The SMILES string of the molecule is COC(=O)c1ccccc1NC(=O)c1ccc(Oc2ccc(OC3CCCCC3)cc2)nc1. The number of hydrogen-bond donors (Lipinski definition) is 1. The van der Waals surface area contributed by atoms with Gasteiger partial charge in [0.2, 0.25) is 5.88 Å². The van der Waals surface area contributed by atoms with Crippen molar-refractivity contribution in [2.45, 2.75) is 38.2 Å². The lowest BCUT2D eigenvalue weighted by Gasteiger charge is -2.23. The van der Waals surface area contributed by atoms with E-state index in [-0.39, 0.29) is 5.56 Å². The fourth-order valence-electron chi connectivity index (χ4n) is 3.73. The minimum Gasteiger partial charge on any atom is -0.490 e. The van der Waals surface area contributed by atoms with E-state index in [4.69, 9.17) is 14.2 Å². The molecule has 0 saturated heterocycles. The molecule has 170 valence electrons. The molecule has 1 amide bonds. The number of hydrogen-bond acceptors (Lipinski definition) is 6. The maximum absolute atomic E-state index is 12.6. The van der Waals surface area contributed by atoms with E-state index in [0.29, 0.717) is 29.0 Å². The summed E-state index contributed by atoms with van der Waals surface area (Å²) in [4.78, 5) is 28.7. The molecular formula is C26H26N2O5. The first-order valence-electron chi connectivity index (χ1n) is 11.0. The Morgan fingerprint density at radius 3 is 2.33 bits per heavy atom. The molecule has 1 saturated carbocycles. The van der Waals surface area contributed by atoms with E-state index in [9.17, 15) is 9.59 Å². The quantitative estimate of drug-likeness (QED) is 0.474. The number of esters is 1. The van der Waals surface area contributed by atoms with Crippen molar-refractivity contribution in [2.24, 2.45) is 0 Å². The van der Waals surface area contributed by atoms with Crippen molar-refractivity contribution >= 4 is 17.6 Å². The van der Waals surface area contributed by atoms with Crippen molar-refractivity contribution in [2.75, 3.05) is 12.4 Å². The third-order valence-corrected chi connectivity index (χ3v) is 5.48. The molecule has 1 heterocycles. The number of carbonyl (C=O) groups is 2. The van der Waals surface area contributed by atoms with Gasteiger partial charge in [-0.25, -0.2) is 9.78 Å². The van der Waals surface area contributed by atoms with Crippen molar-refractivity contribution in [1.29, 1.82) is 0 Å². The fraction of sp³-hybridized carbons (Fsp3) is 0.269. The van der Waals surface area contributed by atoms with Gasteiger partial charge in [-0.3, -0.25) is 4.79 Å². The Hall–Kier alpha value is -3.87. The molecule has 33 heavy (non-hydrogen) atoms. The maximum Gasteiger partial charge on any atom is 0.339 e. The first kappa shape index (κ1) is 22.3. The van der Waals surface area contributed by atoms with Crippen LogP contribution in [0.3, 0.4) is 0 Å². The van der Waals surface area contributed by atoms with E-state index >= 15 is 0 Å². The topological polar surface area (TPSA) is 86.8 Å². The molecule has 1 aromatic heterocycles. The summed E-state index contributed by atoms with van der Waals surface area (Å²) in [5.41, 5.74) is 0.973. The van der Waals surface area contributed by atoms with E-state index in [1.54, 1.807) is 36.4 Å². The number of rotatable bonds is 7. The highest BCUT2D eigenvalue weighted by atomic mass is 16.5. The fourth-order valence-corrected chi connectivity index (χ4v) is 3.73. The highest BCUT2D eigenvalue weighted by Gasteiger charge is 2.16. The summed E-state index contributed by atoms with van der Waals surface area (Å²) in [5, 5.41) is 2.72. The van der Waals surface area contributed by atoms with Crippen LogP contribution in [0.25, 0.3) is 0 Å². The van der Waals surface area contributed by atoms with Crippen LogP contribution in [0.1, 0.15) is 52.8 Å². The normalized spacial score (nSPS) is 13.7. The predicted octanol–water partition coefficient (Wildman–Crippen LogP) is 5.62. The molecule has 0 bridgehead atoms. The second kappa shape index (κ2) is 10.6. The molecule has 1 aliphatic carbocycles. The zero-order valence-corrected chi connectivity index (χ0v) is 18.5. The molecule has 4 rings (SSSR count). The van der Waals surface area contributed by atoms with Crippen molar-refractivity contribution in [3.05, 3.63) is 78.0 Å². The number of carbonyl (C=O) groups excluding carboxylic acids is 2. The number of nitrogens with one attached hydrogen (secondary N) is 1. The van der Waals surface area contributed by atoms with Crippen LogP contribution < -0.4 is 14.8 Å². The minimum absolute atomic E-state index is 0.275. The van der Waals surface area contributed by atoms with Crippen LogP contribution in [0.2, 0.25) is 0 Å². The Morgan fingerprint density at radius 2 is 1.64 bits per heavy atom. The van der Waals surface area contributed by atoms with E-state index in [1.807, 2.05) is 24.3 Å². The highest BCUT2D eigenvalue weighted by Crippen LogP contribution is 2.27. The van der Waals surface area contributed by atoms with Crippen molar-refractivity contribution in [3.8, 4) is 17.4 Å². The van der Waals surface area contributed by atoms with Gasteiger partial charge in [0.25, 0.3) is 5.91 Å². The smallest absolute Gasteiger partial charge is 0.339 e. The molecule has 7 nitrogen and oxygen atoms in total. The van der Waals surface area contributed by atoms with Gasteiger partial charge in [0.15, 0.2) is 0 Å². The number of anilines is 1. The van der Waals surface area contributed by atoms with Crippen LogP contribution >= 0.6 is 0 Å². The van der Waals surface area contributed by atoms with Crippen LogP contribution in [-0.2, 0) is 4.74 Å². The monoisotopic (exact) mass is 446 g/mol. The number of benzene rings is 2. The lowest BCUT2D eigenvalue weighted by Crippen LogP contribution is -2.19. The van der Waals surface area contributed by atoms with Gasteiger partial charge in [0.05, 0.1) is 30.0 Å². The molecule has 0 unspecified atom stereocenters. The van der Waals surface area contributed by atoms with Gasteiger partial charge in [-0.1, -0.05) is 18.6 Å². The summed E-state index contributed by atoms with van der Waals surface area (Å²) in [6, 6.07) is 17.3. The number of pyridine rings is 1. The number of methoxy groups -OCH3 is 1. The molecule has 1 N–H and O–H groups in total. The maximum atomic E-state index is 12.6. The zero-order chi connectivity index (χ0) is 23.0. The molecule has 1 aliphatic rings. The van der Waals surface area contributed by atoms with Gasteiger partial charge in [0, 0.05) is 12.3 Å². The summed E-state index contributed by atoms with van der Waals surface area (Å²) in [5.74, 6) is 0.907. The summed E-state index contributed by atoms with van der Waals surface area (Å²) >= 11 is 0. The minimum atomic E-state index is -0.525. The number of aromatic nitrogens is 1. The molecule has 0 spiro atoms. The molecule has 0 radical (unpaired) electrons. The first-order chi connectivity index (χ1) is 16.1. The molecular weight excluding hydrogens is 420 g/mol. The van der Waals surface area contributed by atoms with Crippen LogP contribution in [-0.4, -0.2) is 30.1 Å². The average molecular weight is 447 g/mol. The molecule has 0 atom stereocenters. The van der Waals surface area contributed by atoms with Gasteiger partial charge in [-0.05, 0) is 68.1 Å². The number of para-hydroxylation sites is 1. The van der Waals surface area contributed by atoms with Crippen LogP contribution in [0, 0.1) is 0 Å². The standard InChI is InChI=1S/C26H26N2O5/c1-31-26(30)22-9-5-6-10-23(22)28-25(29)18-11-16-24(27-17-18)33-21-14-12-20(13-15-21)32-19-7-3-2-4-8-19/h5-6,9-17,19H,2-4,7-8H2,1H3,(H,28,29). The second-order valence-corrected chi connectivity index (χ2v) is 7.83. The summed E-state index contributed by atoms with van der Waals surface area (Å²) in [6.45, 7) is 0. The summed E-state index contributed by atoms with van der Waals surface area (Å²) in [7, 11) is 1.29. The van der Waals surface area contributed by atoms with Gasteiger partial charge in [-0.15, -0.1) is 0 Å². The second-order valence-electron chi connectivity index (χ2n) is 7.83. The zero-order valence-electron chi connectivity index (χ0n) is 18.5. The van der Waals surface area contributed by atoms with Gasteiger partial charge in [-0.2, -0.15) is 0 Å². The lowest BCUT2D eigenvalue weighted by molar-refractivity contribution is 0.0602. The average Bonchev–Trinajstić information content (AvgIpc) is 2.86. The van der Waals surface area contributed by atoms with E-state index in [2.05, 4.69) is 10.3 Å². The Bertz CT molecular complexity index is 1090. The third kappa shape index (κ3) is 5.88. The first-order valence-corrected chi connectivity index (χ1v) is 11.0. The van der Waals surface area contributed by atoms with Gasteiger partial charge in [0.1, 0.15) is 11.5 Å². The largest absolute Gasteiger partial charge is 0.490 e. The van der Waals surface area contributed by atoms with Crippen molar-refractivity contribution in [1.82, 2.24) is 4.98 Å². The summed E-state index contributed by atoms with van der Waals surface area (Å²) in [6.07, 6.45) is 7.68. The Morgan fingerprint density at radius 1 is 0.909 bits per heavy atom. The number of amides is 1. The van der Waals surface area contributed by atoms with E-state index in [0.717, 1.165) is 18.6 Å². The van der Waals surface area contributed by atoms with E-state index < -0.39 is 11.9 Å². The Balaban J connectivity index is 1.35. The van der Waals surface area contributed by atoms with Crippen LogP contribution in [0.4, 0.5) is 5.69 Å². The molecule has 1 fully saturated rings. The highest BCUT2D eigenvalue weighted by molar-refractivity contribution is 6.07. The van der Waals surface area contributed by atoms with Crippen LogP contribution in [0.5, 0.6) is 17.4 Å². The molecule has 3 aromatic rings. The van der Waals surface area contributed by atoms with Gasteiger partial charge < -0.3 is 19.5 Å². The molecule has 2 aromatic carbocycles. The Labute approximate surface area is 192 Å². The summed E-state index contributed by atoms with van der Waals surface area (Å²) < 4.78 is 16.6. The Kier molecular flexibility index (Phi) is 7.19. The van der Waals surface area contributed by atoms with Crippen molar-refractivity contribution < 1.29 is 23.8 Å². The van der Waals surface area contributed by atoms with Crippen molar-refractivity contribution in [3.63, 3.8) is 0 Å². The molecule has 0 aliphatic heterocycles.